The second kappa shape index (κ2) is 10.2. The van der Waals surface area contributed by atoms with Gasteiger partial charge in [-0.1, -0.05) is 48.0 Å². The molecule has 0 spiro atoms. The number of rotatable bonds is 9. The Labute approximate surface area is 160 Å². The lowest BCUT2D eigenvalue weighted by Crippen LogP contribution is -2.34. The van der Waals surface area contributed by atoms with Gasteiger partial charge in [-0.15, -0.1) is 0 Å². The topological polar surface area (TPSA) is 64.6 Å². The van der Waals surface area contributed by atoms with Crippen LogP contribution in [0.2, 0.25) is 0 Å². The Morgan fingerprint density at radius 3 is 2.04 bits per heavy atom. The molecule has 5 nitrogen and oxygen atoms in total. The average Bonchev–Trinajstić information content (AvgIpc) is 2.45. The molecular formula is C21H41NO4. The van der Waals surface area contributed by atoms with E-state index in [2.05, 4.69) is 46.9 Å². The first-order chi connectivity index (χ1) is 11.7. The number of esters is 1. The quantitative estimate of drug-likeness (QED) is 0.431. The van der Waals surface area contributed by atoms with E-state index in [0.717, 1.165) is 19.3 Å². The second-order valence-corrected chi connectivity index (χ2v) is 9.93. The summed E-state index contributed by atoms with van der Waals surface area (Å²) in [6.07, 6.45) is 3.27. The van der Waals surface area contributed by atoms with Gasteiger partial charge in [-0.05, 0) is 50.9 Å². The Balaban J connectivity index is 4.32. The van der Waals surface area contributed by atoms with Crippen molar-refractivity contribution < 1.29 is 19.1 Å². The third kappa shape index (κ3) is 12.2. The van der Waals surface area contributed by atoms with E-state index in [0.29, 0.717) is 19.4 Å². The molecule has 0 aromatic carbocycles. The van der Waals surface area contributed by atoms with E-state index in [-0.39, 0.29) is 22.9 Å². The molecule has 0 aliphatic heterocycles. The van der Waals surface area contributed by atoms with Crippen LogP contribution in [0, 0.1) is 10.8 Å². The molecule has 0 heterocycles. The van der Waals surface area contributed by atoms with Crippen molar-refractivity contribution in [1.29, 1.82) is 0 Å². The van der Waals surface area contributed by atoms with Crippen molar-refractivity contribution in [2.24, 2.45) is 10.8 Å². The molecule has 0 saturated heterocycles. The minimum atomic E-state index is -0.519. The zero-order valence-corrected chi connectivity index (χ0v) is 18.5. The molecular weight excluding hydrogens is 330 g/mol. The number of ether oxygens (including phenoxy) is 2. The number of amides is 1. The predicted molar refractivity (Wildman–Crippen MR) is 106 cm³/mol. The van der Waals surface area contributed by atoms with Gasteiger partial charge in [0.1, 0.15) is 11.7 Å². The molecule has 0 aliphatic rings. The van der Waals surface area contributed by atoms with Crippen molar-refractivity contribution in [1.82, 2.24) is 5.32 Å². The third-order valence-electron chi connectivity index (χ3n) is 4.51. The van der Waals surface area contributed by atoms with Crippen LogP contribution in [-0.4, -0.2) is 30.3 Å². The van der Waals surface area contributed by atoms with Gasteiger partial charge in [0.25, 0.3) is 0 Å². The van der Waals surface area contributed by atoms with Gasteiger partial charge >= 0.3 is 12.1 Å². The fourth-order valence-electron chi connectivity index (χ4n) is 2.32. The molecule has 0 bridgehead atoms. The van der Waals surface area contributed by atoms with Gasteiger partial charge in [0, 0.05) is 13.0 Å². The first-order valence-electron chi connectivity index (χ1n) is 9.82. The number of hydrogen-bond donors (Lipinski definition) is 1. The van der Waals surface area contributed by atoms with E-state index in [1.807, 2.05) is 20.8 Å². The molecule has 0 radical (unpaired) electrons. The minimum absolute atomic E-state index is 0.0890. The maximum atomic E-state index is 12.2. The van der Waals surface area contributed by atoms with Crippen LogP contribution < -0.4 is 5.32 Å². The van der Waals surface area contributed by atoms with Crippen LogP contribution >= 0.6 is 0 Å². The largest absolute Gasteiger partial charge is 0.462 e. The van der Waals surface area contributed by atoms with Crippen molar-refractivity contribution in [3.8, 4) is 0 Å². The molecule has 1 unspecified atom stereocenters. The lowest BCUT2D eigenvalue weighted by Gasteiger charge is -2.33. The van der Waals surface area contributed by atoms with E-state index in [9.17, 15) is 9.59 Å². The highest BCUT2D eigenvalue weighted by atomic mass is 16.6. The number of carbonyl (C=O) groups is 2. The summed E-state index contributed by atoms with van der Waals surface area (Å²) in [7, 11) is 0. The van der Waals surface area contributed by atoms with Gasteiger partial charge in [-0.3, -0.25) is 4.79 Å². The molecule has 0 rings (SSSR count). The van der Waals surface area contributed by atoms with Crippen LogP contribution in [0.5, 0.6) is 0 Å². The summed E-state index contributed by atoms with van der Waals surface area (Å²) in [6, 6.07) is 0. The maximum Gasteiger partial charge on any atom is 0.407 e. The van der Waals surface area contributed by atoms with Crippen molar-refractivity contribution in [2.45, 2.75) is 106 Å². The van der Waals surface area contributed by atoms with Gasteiger partial charge in [-0.2, -0.15) is 0 Å². The average molecular weight is 372 g/mol. The first kappa shape index (κ1) is 24.7. The van der Waals surface area contributed by atoms with E-state index in [1.165, 1.54) is 0 Å². The van der Waals surface area contributed by atoms with Crippen molar-refractivity contribution >= 4 is 12.1 Å². The van der Waals surface area contributed by atoms with E-state index < -0.39 is 11.7 Å². The molecule has 1 atom stereocenters. The molecule has 0 saturated carbocycles. The highest BCUT2D eigenvalue weighted by Crippen LogP contribution is 2.33. The Hall–Kier alpha value is -1.26. The zero-order valence-electron chi connectivity index (χ0n) is 18.5. The number of carbonyl (C=O) groups excluding carboxylic acids is 2. The summed E-state index contributed by atoms with van der Waals surface area (Å²) in [5, 5.41) is 2.66. The van der Waals surface area contributed by atoms with Crippen molar-refractivity contribution in [2.75, 3.05) is 6.54 Å². The number of hydrogen-bond acceptors (Lipinski definition) is 4. The van der Waals surface area contributed by atoms with Gasteiger partial charge in [0.15, 0.2) is 0 Å². The summed E-state index contributed by atoms with van der Waals surface area (Å²) in [6.45, 7) is 18.8. The zero-order chi connectivity index (χ0) is 20.6. The molecule has 0 aromatic heterocycles. The van der Waals surface area contributed by atoms with Crippen molar-refractivity contribution in [3.05, 3.63) is 0 Å². The standard InChI is InChI=1S/C21H41NO4/c1-10-21(8,9)14-13-16(19(2,3)4)25-17(23)12-11-15-22-18(24)26-20(5,6)7/h16H,10-15H2,1-9H3,(H,22,24). The third-order valence-corrected chi connectivity index (χ3v) is 4.51. The molecule has 154 valence electrons. The second-order valence-electron chi connectivity index (χ2n) is 9.93. The smallest absolute Gasteiger partial charge is 0.407 e. The maximum absolute atomic E-state index is 12.2. The van der Waals surface area contributed by atoms with Gasteiger partial charge in [0.05, 0.1) is 0 Å². The Morgan fingerprint density at radius 2 is 1.58 bits per heavy atom. The lowest BCUT2D eigenvalue weighted by molar-refractivity contribution is -0.155. The first-order valence-corrected chi connectivity index (χ1v) is 9.82. The number of alkyl carbamates (subject to hydrolysis) is 1. The highest BCUT2D eigenvalue weighted by Gasteiger charge is 2.30. The SMILES string of the molecule is CCC(C)(C)CCC(OC(=O)CCCNC(=O)OC(C)(C)C)C(C)(C)C. The summed E-state index contributed by atoms with van der Waals surface area (Å²) in [5.41, 5.74) is -0.350. The molecule has 5 heteroatoms. The van der Waals surface area contributed by atoms with Gasteiger partial charge in [-0.25, -0.2) is 4.79 Å². The molecule has 26 heavy (non-hydrogen) atoms. The predicted octanol–water partition coefficient (Wildman–Crippen LogP) is 5.47. The summed E-state index contributed by atoms with van der Waals surface area (Å²) in [4.78, 5) is 23.8. The van der Waals surface area contributed by atoms with Crippen LogP contribution in [0.15, 0.2) is 0 Å². The molecule has 0 fully saturated rings. The number of nitrogens with one attached hydrogen (secondary N) is 1. The monoisotopic (exact) mass is 371 g/mol. The van der Waals surface area contributed by atoms with Crippen LogP contribution in [0.1, 0.15) is 94.4 Å². The fraction of sp³-hybridized carbons (Fsp3) is 0.905. The van der Waals surface area contributed by atoms with E-state index >= 15 is 0 Å². The Kier molecular flexibility index (Phi) is 9.68. The summed E-state index contributed by atoms with van der Waals surface area (Å²) < 4.78 is 10.9. The fourth-order valence-corrected chi connectivity index (χ4v) is 2.32. The molecule has 1 amide bonds. The molecule has 0 aromatic rings. The minimum Gasteiger partial charge on any atom is -0.462 e. The lowest BCUT2D eigenvalue weighted by atomic mass is 9.79. The van der Waals surface area contributed by atoms with Crippen LogP contribution in [0.4, 0.5) is 4.79 Å². The van der Waals surface area contributed by atoms with Gasteiger partial charge < -0.3 is 14.8 Å². The van der Waals surface area contributed by atoms with Crippen LogP contribution in [0.25, 0.3) is 0 Å². The van der Waals surface area contributed by atoms with Gasteiger partial charge in [0.2, 0.25) is 0 Å². The van der Waals surface area contributed by atoms with E-state index in [1.54, 1.807) is 0 Å². The Morgan fingerprint density at radius 1 is 1.00 bits per heavy atom. The normalized spacial score (nSPS) is 13.9. The molecule has 0 aliphatic carbocycles. The summed E-state index contributed by atoms with van der Waals surface area (Å²) in [5.74, 6) is -0.204. The summed E-state index contributed by atoms with van der Waals surface area (Å²) >= 11 is 0. The van der Waals surface area contributed by atoms with Crippen LogP contribution in [0.3, 0.4) is 0 Å². The van der Waals surface area contributed by atoms with Crippen LogP contribution in [-0.2, 0) is 14.3 Å². The highest BCUT2D eigenvalue weighted by molar-refractivity contribution is 5.70. The molecule has 1 N–H and O–H groups in total. The van der Waals surface area contributed by atoms with Crippen molar-refractivity contribution in [3.63, 3.8) is 0 Å². The van der Waals surface area contributed by atoms with E-state index in [4.69, 9.17) is 9.47 Å². The Bertz CT molecular complexity index is 444.